The van der Waals surface area contributed by atoms with E-state index in [0.29, 0.717) is 6.61 Å². The number of unbranched alkanes of at least 4 members (excludes halogenated alkanes) is 30. The van der Waals surface area contributed by atoms with E-state index in [0.717, 1.165) is 25.9 Å². The molecule has 0 spiro atoms. The maximum atomic E-state index is 12.4. The van der Waals surface area contributed by atoms with Crippen molar-refractivity contribution >= 4 is 6.09 Å². The molecule has 5 heteroatoms. The summed E-state index contributed by atoms with van der Waals surface area (Å²) in [4.78, 5) is 14.4. The zero-order chi connectivity index (χ0) is 36.6. The number of carbonyl (C=O) groups excluding carboxylic acids is 1. The fourth-order valence-electron chi connectivity index (χ4n) is 6.70. The highest BCUT2D eigenvalue weighted by atomic mass is 16.6. The molecule has 1 rings (SSSR count). The lowest BCUT2D eigenvalue weighted by molar-refractivity contribution is 0.105. The highest BCUT2D eigenvalue weighted by Crippen LogP contribution is 2.17. The Kier molecular flexibility index (Phi) is 38.3. The van der Waals surface area contributed by atoms with Gasteiger partial charge in [0, 0.05) is 19.2 Å². The van der Waals surface area contributed by atoms with Crippen molar-refractivity contribution in [3.63, 3.8) is 0 Å². The molecular formula is C45H85NO4. The van der Waals surface area contributed by atoms with Gasteiger partial charge in [0.15, 0.2) is 0 Å². The van der Waals surface area contributed by atoms with Crippen molar-refractivity contribution in [3.05, 3.63) is 24.3 Å². The smallest absolute Gasteiger partial charge is 0.409 e. The molecule has 0 saturated heterocycles. The van der Waals surface area contributed by atoms with Gasteiger partial charge in [0.25, 0.3) is 0 Å². The Hall–Kier alpha value is -1.91. The molecule has 0 bridgehead atoms. The maximum Gasteiger partial charge on any atom is 0.409 e. The van der Waals surface area contributed by atoms with Crippen LogP contribution in [0.2, 0.25) is 0 Å². The van der Waals surface area contributed by atoms with Crippen molar-refractivity contribution in [2.24, 2.45) is 0 Å². The lowest BCUT2D eigenvalue weighted by atomic mass is 10.0. The average molecular weight is 704 g/mol. The highest BCUT2D eigenvalue weighted by molar-refractivity contribution is 5.67. The number of ether oxygens (including phenoxy) is 1. The monoisotopic (exact) mass is 704 g/mol. The van der Waals surface area contributed by atoms with Gasteiger partial charge in [-0.15, -0.1) is 0 Å². The van der Waals surface area contributed by atoms with Crippen LogP contribution in [-0.2, 0) is 4.74 Å². The normalized spacial score (nSPS) is 10.9. The summed E-state index contributed by atoms with van der Waals surface area (Å²) in [7, 11) is 0. The average Bonchev–Trinajstić information content (AvgIpc) is 3.10. The van der Waals surface area contributed by atoms with Crippen molar-refractivity contribution in [2.75, 3.05) is 19.7 Å². The summed E-state index contributed by atoms with van der Waals surface area (Å²) in [6, 6.07) is 5.85. The predicted molar refractivity (Wildman–Crippen MR) is 217 cm³/mol. The van der Waals surface area contributed by atoms with Gasteiger partial charge >= 0.3 is 6.09 Å². The summed E-state index contributed by atoms with van der Waals surface area (Å²) in [5.74, 6) is 0.176. The van der Waals surface area contributed by atoms with Crippen LogP contribution in [0.5, 0.6) is 11.5 Å². The third-order valence-electron chi connectivity index (χ3n) is 9.92. The second-order valence-corrected chi connectivity index (χ2v) is 14.8. The number of hydrogen-bond acceptors (Lipinski definition) is 4. The van der Waals surface area contributed by atoms with E-state index in [4.69, 9.17) is 14.9 Å². The van der Waals surface area contributed by atoms with Gasteiger partial charge in [-0.2, -0.15) is 0 Å². The molecule has 5 nitrogen and oxygen atoms in total. The topological polar surface area (TPSA) is 70.0 Å². The SMILES string of the molecule is CCCCCCCCCCCCCCCCCCN(CCCCCCCCCCCCCCCCCC)C(=O)OCC.Oc1cccc(O)c1. The summed E-state index contributed by atoms with van der Waals surface area (Å²) < 4.78 is 5.35. The molecule has 0 unspecified atom stereocenters. The van der Waals surface area contributed by atoms with Crippen LogP contribution in [0.25, 0.3) is 0 Å². The van der Waals surface area contributed by atoms with E-state index in [2.05, 4.69) is 13.8 Å². The Balaban J connectivity index is 0.00000260. The van der Waals surface area contributed by atoms with Crippen molar-refractivity contribution in [3.8, 4) is 11.5 Å². The number of nitrogens with zero attached hydrogens (tertiary/aromatic N) is 1. The van der Waals surface area contributed by atoms with E-state index >= 15 is 0 Å². The summed E-state index contributed by atoms with van der Waals surface area (Å²) in [5, 5.41) is 17.3. The van der Waals surface area contributed by atoms with E-state index in [1.165, 1.54) is 211 Å². The zero-order valence-corrected chi connectivity index (χ0v) is 33.7. The van der Waals surface area contributed by atoms with Gasteiger partial charge in [-0.1, -0.05) is 213 Å². The quantitative estimate of drug-likeness (QED) is 0.0690. The first-order valence-electron chi connectivity index (χ1n) is 21.9. The van der Waals surface area contributed by atoms with Crippen LogP contribution < -0.4 is 0 Å². The maximum absolute atomic E-state index is 12.4. The first-order chi connectivity index (χ1) is 24.5. The minimum atomic E-state index is -0.0978. The van der Waals surface area contributed by atoms with Crippen LogP contribution >= 0.6 is 0 Å². The number of amides is 1. The fraction of sp³-hybridized carbons (Fsp3) is 0.844. The third kappa shape index (κ3) is 35.9. The second-order valence-electron chi connectivity index (χ2n) is 14.8. The number of carbonyl (C=O) groups is 1. The van der Waals surface area contributed by atoms with Crippen molar-refractivity contribution in [1.82, 2.24) is 4.90 Å². The van der Waals surface area contributed by atoms with E-state index in [9.17, 15) is 4.79 Å². The van der Waals surface area contributed by atoms with Gasteiger partial charge in [-0.25, -0.2) is 4.79 Å². The molecule has 0 aromatic heterocycles. The molecule has 0 atom stereocenters. The molecule has 0 saturated carbocycles. The molecule has 0 aliphatic rings. The Morgan fingerprint density at radius 1 is 0.460 bits per heavy atom. The van der Waals surface area contributed by atoms with Gasteiger partial charge in [-0.05, 0) is 31.9 Å². The minimum absolute atomic E-state index is 0.0880. The Morgan fingerprint density at radius 3 is 0.940 bits per heavy atom. The van der Waals surface area contributed by atoms with Crippen LogP contribution in [0.3, 0.4) is 0 Å². The van der Waals surface area contributed by atoms with Gasteiger partial charge < -0.3 is 19.8 Å². The molecule has 1 amide bonds. The first kappa shape index (κ1) is 48.1. The highest BCUT2D eigenvalue weighted by Gasteiger charge is 2.13. The number of rotatable bonds is 35. The van der Waals surface area contributed by atoms with E-state index in [1.807, 2.05) is 11.8 Å². The minimum Gasteiger partial charge on any atom is -0.508 e. The molecule has 50 heavy (non-hydrogen) atoms. The van der Waals surface area contributed by atoms with Crippen molar-refractivity contribution < 1.29 is 19.7 Å². The summed E-state index contributed by atoms with van der Waals surface area (Å²) in [6.45, 7) is 8.73. The molecule has 1 aromatic rings. The van der Waals surface area contributed by atoms with E-state index < -0.39 is 0 Å². The number of benzene rings is 1. The van der Waals surface area contributed by atoms with Crippen LogP contribution in [0.15, 0.2) is 24.3 Å². The molecular weight excluding hydrogens is 618 g/mol. The summed E-state index contributed by atoms with van der Waals surface area (Å²) in [6.07, 6.45) is 44.2. The van der Waals surface area contributed by atoms with Gasteiger partial charge in [-0.3, -0.25) is 0 Å². The summed E-state index contributed by atoms with van der Waals surface area (Å²) >= 11 is 0. The first-order valence-corrected chi connectivity index (χ1v) is 21.9. The number of phenols is 2. The van der Waals surface area contributed by atoms with Crippen LogP contribution in [-0.4, -0.2) is 40.9 Å². The lowest BCUT2D eigenvalue weighted by Crippen LogP contribution is -2.33. The largest absolute Gasteiger partial charge is 0.508 e. The molecule has 294 valence electrons. The fourth-order valence-corrected chi connectivity index (χ4v) is 6.70. The predicted octanol–water partition coefficient (Wildman–Crippen LogP) is 15.1. The Morgan fingerprint density at radius 2 is 0.720 bits per heavy atom. The van der Waals surface area contributed by atoms with Crippen LogP contribution in [0.1, 0.15) is 226 Å². The zero-order valence-electron chi connectivity index (χ0n) is 33.7. The molecule has 0 aliphatic carbocycles. The Bertz CT molecular complexity index is 763. The lowest BCUT2D eigenvalue weighted by Gasteiger charge is -2.22. The van der Waals surface area contributed by atoms with Gasteiger partial charge in [0.2, 0.25) is 0 Å². The standard InChI is InChI=1S/C39H79NO2.C6H6O2/c1-4-7-9-11-13-15-17-19-21-23-25-27-29-31-33-35-37-40(39(41)42-6-3)38-36-34-32-30-28-26-24-22-20-18-16-14-12-10-8-5-2;7-5-2-1-3-6(8)4-5/h4-38H2,1-3H3;1-4,7-8H. The third-order valence-corrected chi connectivity index (χ3v) is 9.92. The Labute approximate surface area is 311 Å². The van der Waals surface area contributed by atoms with Crippen molar-refractivity contribution in [1.29, 1.82) is 0 Å². The molecule has 0 aliphatic heterocycles. The molecule has 1 aromatic carbocycles. The molecule has 0 radical (unpaired) electrons. The number of hydrogen-bond donors (Lipinski definition) is 2. The van der Waals surface area contributed by atoms with Crippen molar-refractivity contribution in [2.45, 2.75) is 226 Å². The molecule has 0 fully saturated rings. The molecule has 0 heterocycles. The number of phenolic OH excluding ortho intramolecular Hbond substituents is 2. The second kappa shape index (κ2) is 39.9. The summed E-state index contributed by atoms with van der Waals surface area (Å²) in [5.41, 5.74) is 0. The van der Waals surface area contributed by atoms with Gasteiger partial charge in [0.05, 0.1) is 6.61 Å². The van der Waals surface area contributed by atoms with E-state index in [1.54, 1.807) is 6.07 Å². The van der Waals surface area contributed by atoms with Crippen LogP contribution in [0.4, 0.5) is 4.79 Å². The molecule has 2 N–H and O–H groups in total. The van der Waals surface area contributed by atoms with Crippen LogP contribution in [0, 0.1) is 0 Å². The number of aromatic hydroxyl groups is 2. The van der Waals surface area contributed by atoms with Gasteiger partial charge in [0.1, 0.15) is 11.5 Å². The van der Waals surface area contributed by atoms with E-state index in [-0.39, 0.29) is 17.6 Å².